The Morgan fingerprint density at radius 2 is 2.00 bits per heavy atom. The van der Waals surface area contributed by atoms with Crippen molar-refractivity contribution in [3.05, 3.63) is 53.6 Å². The average molecular weight is 396 g/mol. The largest absolute Gasteiger partial charge is 0.462 e. The zero-order valence-electron chi connectivity index (χ0n) is 16.1. The number of nitrogens with zero attached hydrogens (tertiary/aromatic N) is 2. The number of rotatable bonds is 7. The maximum atomic E-state index is 13.0. The molecule has 3 aromatic rings. The number of carbonyl (C=O) groups is 1. The monoisotopic (exact) mass is 395 g/mol. The van der Waals surface area contributed by atoms with Crippen LogP contribution in [0.15, 0.2) is 53.1 Å². The van der Waals surface area contributed by atoms with Crippen molar-refractivity contribution in [3.63, 3.8) is 0 Å². The van der Waals surface area contributed by atoms with Crippen LogP contribution in [0.4, 0.5) is 0 Å². The maximum Gasteiger partial charge on any atom is 0.263 e. The Kier molecular flexibility index (Phi) is 5.88. The van der Waals surface area contributed by atoms with E-state index in [0.29, 0.717) is 28.8 Å². The first kappa shape index (κ1) is 18.9. The summed E-state index contributed by atoms with van der Waals surface area (Å²) in [5.41, 5.74) is 1.65. The number of benzene rings is 1. The smallest absolute Gasteiger partial charge is 0.263 e. The van der Waals surface area contributed by atoms with E-state index in [0.717, 1.165) is 17.1 Å². The van der Waals surface area contributed by atoms with Gasteiger partial charge in [-0.25, -0.2) is 4.98 Å². The summed E-state index contributed by atoms with van der Waals surface area (Å²) in [4.78, 5) is 20.8. The predicted octanol–water partition coefficient (Wildman–Crippen LogP) is 4.53. The topological polar surface area (TPSA) is 58.4 Å². The van der Waals surface area contributed by atoms with Gasteiger partial charge in [-0.1, -0.05) is 37.3 Å². The molecule has 0 saturated carbocycles. The van der Waals surface area contributed by atoms with Crippen molar-refractivity contribution in [1.29, 1.82) is 0 Å². The number of hydrogen-bond donors (Lipinski definition) is 1. The summed E-state index contributed by atoms with van der Waals surface area (Å²) >= 11 is 1.38. The van der Waals surface area contributed by atoms with Gasteiger partial charge in [-0.3, -0.25) is 4.79 Å². The molecule has 1 aliphatic rings. The Labute approximate surface area is 169 Å². The molecular formula is C22H25N3O2S. The Morgan fingerprint density at radius 1 is 1.21 bits per heavy atom. The van der Waals surface area contributed by atoms with E-state index in [1.54, 1.807) is 6.26 Å². The van der Waals surface area contributed by atoms with Gasteiger partial charge in [-0.05, 0) is 44.0 Å². The molecule has 1 saturated heterocycles. The maximum absolute atomic E-state index is 13.0. The highest BCUT2D eigenvalue weighted by atomic mass is 32.1. The number of carbonyl (C=O) groups excluding carboxylic acids is 1. The van der Waals surface area contributed by atoms with Gasteiger partial charge in [-0.15, -0.1) is 11.3 Å². The molecule has 5 nitrogen and oxygen atoms in total. The van der Waals surface area contributed by atoms with Crippen molar-refractivity contribution in [3.8, 4) is 22.0 Å². The zero-order valence-corrected chi connectivity index (χ0v) is 16.9. The third-order valence-corrected chi connectivity index (χ3v) is 6.06. The van der Waals surface area contributed by atoms with Gasteiger partial charge in [0, 0.05) is 18.7 Å². The van der Waals surface area contributed by atoms with Crippen LogP contribution in [0.2, 0.25) is 0 Å². The van der Waals surface area contributed by atoms with Gasteiger partial charge in [0.2, 0.25) is 0 Å². The lowest BCUT2D eigenvalue weighted by molar-refractivity contribution is 0.0949. The van der Waals surface area contributed by atoms with E-state index < -0.39 is 0 Å². The van der Waals surface area contributed by atoms with Crippen molar-refractivity contribution < 1.29 is 9.21 Å². The number of amides is 1. The molecule has 1 N–H and O–H groups in total. The molecule has 0 bridgehead atoms. The number of likely N-dealkylation sites (tertiary alicyclic amines) is 1. The number of aromatic nitrogens is 1. The number of nitrogens with one attached hydrogen (secondary N) is 1. The van der Waals surface area contributed by atoms with Crippen LogP contribution in [0.1, 0.15) is 29.4 Å². The standard InChI is InChI=1S/C22H25N3O2S/c1-16(15-25-11-5-6-12-25)14-23-21(26)20-19(17-8-3-2-4-9-17)24-22(28-20)18-10-7-13-27-18/h2-4,7-10,13,16H,5-6,11-12,14-15H2,1H3,(H,23,26). The molecule has 6 heteroatoms. The van der Waals surface area contributed by atoms with Crippen LogP contribution in [0.3, 0.4) is 0 Å². The number of furan rings is 1. The van der Waals surface area contributed by atoms with E-state index in [1.165, 1.54) is 37.3 Å². The second-order valence-electron chi connectivity index (χ2n) is 7.36. The minimum atomic E-state index is -0.0672. The van der Waals surface area contributed by atoms with Crippen LogP contribution in [0.25, 0.3) is 22.0 Å². The molecule has 3 heterocycles. The van der Waals surface area contributed by atoms with E-state index >= 15 is 0 Å². The molecule has 1 amide bonds. The number of hydrogen-bond acceptors (Lipinski definition) is 5. The van der Waals surface area contributed by atoms with Crippen LogP contribution < -0.4 is 5.32 Å². The molecule has 1 atom stereocenters. The molecule has 1 fully saturated rings. The molecule has 0 radical (unpaired) electrons. The van der Waals surface area contributed by atoms with Gasteiger partial charge in [0.05, 0.1) is 12.0 Å². The van der Waals surface area contributed by atoms with E-state index in [-0.39, 0.29) is 5.91 Å². The molecular weight excluding hydrogens is 370 g/mol. The third kappa shape index (κ3) is 4.34. The summed E-state index contributed by atoms with van der Waals surface area (Å²) in [5.74, 6) is 1.03. The molecule has 0 spiro atoms. The highest BCUT2D eigenvalue weighted by Crippen LogP contribution is 2.34. The summed E-state index contributed by atoms with van der Waals surface area (Å²) in [6.45, 7) is 6.25. The second-order valence-corrected chi connectivity index (χ2v) is 8.36. The summed E-state index contributed by atoms with van der Waals surface area (Å²) in [6.07, 6.45) is 4.20. The first-order valence-electron chi connectivity index (χ1n) is 9.81. The lowest BCUT2D eigenvalue weighted by Gasteiger charge is -2.20. The Morgan fingerprint density at radius 3 is 2.71 bits per heavy atom. The first-order chi connectivity index (χ1) is 13.7. The first-order valence-corrected chi connectivity index (χ1v) is 10.6. The summed E-state index contributed by atoms with van der Waals surface area (Å²) in [7, 11) is 0. The van der Waals surface area contributed by atoms with Crippen molar-refractivity contribution >= 4 is 17.2 Å². The lowest BCUT2D eigenvalue weighted by atomic mass is 10.1. The quantitative estimate of drug-likeness (QED) is 0.638. The van der Waals surface area contributed by atoms with E-state index in [9.17, 15) is 4.79 Å². The second kappa shape index (κ2) is 8.71. The van der Waals surface area contributed by atoms with E-state index in [1.807, 2.05) is 42.5 Å². The van der Waals surface area contributed by atoms with Gasteiger partial charge in [0.1, 0.15) is 4.88 Å². The molecule has 4 rings (SSSR count). The summed E-state index contributed by atoms with van der Waals surface area (Å²) in [6, 6.07) is 13.5. The Balaban J connectivity index is 1.51. The molecule has 146 valence electrons. The third-order valence-electron chi connectivity index (χ3n) is 4.99. The summed E-state index contributed by atoms with van der Waals surface area (Å²) < 4.78 is 5.49. The van der Waals surface area contributed by atoms with Crippen molar-refractivity contribution in [2.45, 2.75) is 19.8 Å². The van der Waals surface area contributed by atoms with E-state index in [4.69, 9.17) is 9.40 Å². The Bertz CT molecular complexity index is 899. The molecule has 2 aromatic heterocycles. The fourth-order valence-corrected chi connectivity index (χ4v) is 4.56. The lowest BCUT2D eigenvalue weighted by Crippen LogP contribution is -2.34. The minimum Gasteiger partial charge on any atom is -0.462 e. The van der Waals surface area contributed by atoms with Crippen LogP contribution in [0.5, 0.6) is 0 Å². The molecule has 1 unspecified atom stereocenters. The van der Waals surface area contributed by atoms with Crippen LogP contribution >= 0.6 is 11.3 Å². The Hall–Kier alpha value is -2.44. The zero-order chi connectivity index (χ0) is 19.3. The average Bonchev–Trinajstić information content (AvgIpc) is 3.47. The predicted molar refractivity (Wildman–Crippen MR) is 112 cm³/mol. The van der Waals surface area contributed by atoms with Gasteiger partial charge in [0.25, 0.3) is 5.91 Å². The SMILES string of the molecule is CC(CNC(=O)c1sc(-c2ccco2)nc1-c1ccccc1)CN1CCCC1. The normalized spacial score (nSPS) is 15.6. The van der Waals surface area contributed by atoms with Crippen LogP contribution in [-0.2, 0) is 0 Å². The van der Waals surface area contributed by atoms with E-state index in [2.05, 4.69) is 17.1 Å². The van der Waals surface area contributed by atoms with Gasteiger partial charge in [-0.2, -0.15) is 0 Å². The molecule has 1 aromatic carbocycles. The molecule has 0 aliphatic carbocycles. The van der Waals surface area contributed by atoms with Gasteiger partial charge < -0.3 is 14.6 Å². The molecule has 1 aliphatic heterocycles. The molecule has 28 heavy (non-hydrogen) atoms. The van der Waals surface area contributed by atoms with Crippen molar-refractivity contribution in [2.75, 3.05) is 26.2 Å². The fourth-order valence-electron chi connectivity index (χ4n) is 3.59. The highest BCUT2D eigenvalue weighted by molar-refractivity contribution is 7.17. The highest BCUT2D eigenvalue weighted by Gasteiger charge is 2.22. The van der Waals surface area contributed by atoms with Crippen LogP contribution in [0, 0.1) is 5.92 Å². The summed E-state index contributed by atoms with van der Waals surface area (Å²) in [5, 5.41) is 3.84. The minimum absolute atomic E-state index is 0.0672. The van der Waals surface area contributed by atoms with Crippen LogP contribution in [-0.4, -0.2) is 42.0 Å². The van der Waals surface area contributed by atoms with Crippen molar-refractivity contribution in [2.24, 2.45) is 5.92 Å². The van der Waals surface area contributed by atoms with Crippen molar-refractivity contribution in [1.82, 2.24) is 15.2 Å². The fraction of sp³-hybridized carbons (Fsp3) is 0.364. The van der Waals surface area contributed by atoms with Gasteiger partial charge >= 0.3 is 0 Å². The van der Waals surface area contributed by atoms with Gasteiger partial charge in [0.15, 0.2) is 10.8 Å². The number of thiazole rings is 1.